The Bertz CT molecular complexity index is 937. The number of hydrogen-bond donors (Lipinski definition) is 1. The van der Waals surface area contributed by atoms with Crippen LogP contribution in [0.3, 0.4) is 0 Å². The second-order valence-electron chi connectivity index (χ2n) is 8.86. The van der Waals surface area contributed by atoms with Gasteiger partial charge in [-0.05, 0) is 42.9 Å². The summed E-state index contributed by atoms with van der Waals surface area (Å²) in [5.41, 5.74) is -0.609. The first-order valence-corrected chi connectivity index (χ1v) is 11.6. The van der Waals surface area contributed by atoms with Crippen molar-refractivity contribution in [2.45, 2.75) is 53.2 Å². The maximum absolute atomic E-state index is 13.8. The number of carbonyl (C=O) groups is 1. The zero-order chi connectivity index (χ0) is 23.5. The van der Waals surface area contributed by atoms with Crippen molar-refractivity contribution in [1.82, 2.24) is 9.88 Å². The molecule has 1 saturated heterocycles. The molecule has 1 aliphatic rings. The van der Waals surface area contributed by atoms with Gasteiger partial charge in [0.15, 0.2) is 0 Å². The van der Waals surface area contributed by atoms with Crippen LogP contribution in [0.2, 0.25) is 0 Å². The van der Waals surface area contributed by atoms with Gasteiger partial charge in [-0.2, -0.15) is 8.78 Å². The second kappa shape index (κ2) is 10.2. The normalized spacial score (nSPS) is 21.9. The Hall–Kier alpha value is -2.13. The molecule has 176 valence electrons. The Morgan fingerprint density at radius 3 is 2.78 bits per heavy atom. The first-order chi connectivity index (χ1) is 15.1. The molecule has 1 aromatic carbocycles. The van der Waals surface area contributed by atoms with E-state index in [0.717, 1.165) is 30.0 Å². The fourth-order valence-electron chi connectivity index (χ4n) is 4.54. The van der Waals surface area contributed by atoms with Gasteiger partial charge in [-0.1, -0.05) is 27.2 Å². The molecule has 1 N–H and O–H groups in total. The van der Waals surface area contributed by atoms with Gasteiger partial charge >= 0.3 is 12.6 Å². The number of piperidine rings is 1. The maximum Gasteiger partial charge on any atom is 0.387 e. The van der Waals surface area contributed by atoms with Crippen LogP contribution < -0.4 is 4.74 Å². The largest absolute Gasteiger partial charge is 0.481 e. The number of ether oxygens (including phenoxy) is 1. The van der Waals surface area contributed by atoms with Crippen LogP contribution in [-0.4, -0.2) is 40.7 Å². The Labute approximate surface area is 190 Å². The summed E-state index contributed by atoms with van der Waals surface area (Å²) in [5, 5.41) is 10.4. The van der Waals surface area contributed by atoms with Gasteiger partial charge in [0.1, 0.15) is 16.6 Å². The van der Waals surface area contributed by atoms with Crippen LogP contribution in [0.25, 0.3) is 10.6 Å². The van der Waals surface area contributed by atoms with Crippen LogP contribution in [0.5, 0.6) is 5.75 Å². The number of carboxylic acids is 1. The van der Waals surface area contributed by atoms with E-state index in [0.29, 0.717) is 36.9 Å². The molecule has 0 radical (unpaired) electrons. The van der Waals surface area contributed by atoms with Crippen LogP contribution in [-0.2, 0) is 11.3 Å². The van der Waals surface area contributed by atoms with Gasteiger partial charge in [0, 0.05) is 30.7 Å². The summed E-state index contributed by atoms with van der Waals surface area (Å²) in [6, 6.07) is 3.36. The summed E-state index contributed by atoms with van der Waals surface area (Å²) in [7, 11) is 0. The number of rotatable bonds is 9. The first-order valence-electron chi connectivity index (χ1n) is 10.8. The molecule has 0 bridgehead atoms. The van der Waals surface area contributed by atoms with Crippen molar-refractivity contribution in [3.05, 3.63) is 35.1 Å². The number of aromatic nitrogens is 1. The zero-order valence-corrected chi connectivity index (χ0v) is 19.3. The first kappa shape index (κ1) is 24.5. The van der Waals surface area contributed by atoms with Crippen molar-refractivity contribution in [3.63, 3.8) is 0 Å². The van der Waals surface area contributed by atoms with Crippen molar-refractivity contribution in [2.75, 3.05) is 13.1 Å². The fraction of sp³-hybridized carbons (Fsp3) is 0.565. The Morgan fingerprint density at radius 1 is 1.41 bits per heavy atom. The quantitative estimate of drug-likeness (QED) is 0.494. The van der Waals surface area contributed by atoms with E-state index in [1.807, 2.05) is 6.92 Å². The molecule has 2 aromatic rings. The summed E-state index contributed by atoms with van der Waals surface area (Å²) in [5.74, 6) is -0.846. The number of thiazole rings is 1. The zero-order valence-electron chi connectivity index (χ0n) is 18.5. The minimum Gasteiger partial charge on any atom is -0.481 e. The molecule has 32 heavy (non-hydrogen) atoms. The summed E-state index contributed by atoms with van der Waals surface area (Å²) in [6.45, 7) is 4.94. The molecule has 0 aliphatic carbocycles. The lowest BCUT2D eigenvalue weighted by molar-refractivity contribution is -0.155. The van der Waals surface area contributed by atoms with Gasteiger partial charge in [0.2, 0.25) is 0 Å². The average Bonchev–Trinajstić information content (AvgIpc) is 3.17. The highest BCUT2D eigenvalue weighted by Gasteiger charge is 2.45. The van der Waals surface area contributed by atoms with Gasteiger partial charge in [0.05, 0.1) is 11.0 Å². The van der Waals surface area contributed by atoms with Gasteiger partial charge in [-0.3, -0.25) is 9.69 Å². The molecular weight excluding hydrogens is 441 g/mol. The van der Waals surface area contributed by atoms with E-state index in [4.69, 9.17) is 0 Å². The summed E-state index contributed by atoms with van der Waals surface area (Å²) >= 11 is 1.27. The van der Waals surface area contributed by atoms with E-state index in [1.165, 1.54) is 17.4 Å². The third kappa shape index (κ3) is 5.61. The number of halogens is 3. The standard InChI is InChI=1S/C23H29F3N2O3S/c1-4-7-23(21(29)30)9-15(14(2)3)11-28(13-23)12-17-10-27-20(32-17)18-8-16(24)5-6-19(18)31-22(25)26/h5-6,8,10,14-15,22H,4,7,9,11-13H2,1-3H3,(H,29,30)/t15-,23?/m1/s1. The average molecular weight is 471 g/mol. The number of likely N-dealkylation sites (tertiary alicyclic amines) is 1. The van der Waals surface area contributed by atoms with Gasteiger partial charge in [-0.15, -0.1) is 11.3 Å². The van der Waals surface area contributed by atoms with E-state index in [2.05, 4.69) is 28.5 Å². The van der Waals surface area contributed by atoms with Crippen molar-refractivity contribution in [2.24, 2.45) is 17.3 Å². The van der Waals surface area contributed by atoms with Crippen LogP contribution >= 0.6 is 11.3 Å². The summed E-state index contributed by atoms with van der Waals surface area (Å²) in [6.07, 6.45) is 3.71. The minimum absolute atomic E-state index is 0.131. The smallest absolute Gasteiger partial charge is 0.387 e. The molecule has 2 heterocycles. The topological polar surface area (TPSA) is 62.7 Å². The van der Waals surface area contributed by atoms with Gasteiger partial charge < -0.3 is 9.84 Å². The molecule has 0 amide bonds. The van der Waals surface area contributed by atoms with Crippen LogP contribution in [0.4, 0.5) is 13.2 Å². The lowest BCUT2D eigenvalue weighted by atomic mass is 9.70. The van der Waals surface area contributed by atoms with Crippen molar-refractivity contribution >= 4 is 17.3 Å². The third-order valence-electron chi connectivity index (χ3n) is 6.12. The van der Waals surface area contributed by atoms with Gasteiger partial charge in [-0.25, -0.2) is 9.37 Å². The van der Waals surface area contributed by atoms with E-state index >= 15 is 0 Å². The number of benzene rings is 1. The van der Waals surface area contributed by atoms with Crippen molar-refractivity contribution in [1.29, 1.82) is 0 Å². The van der Waals surface area contributed by atoms with Crippen LogP contribution in [0.15, 0.2) is 24.4 Å². The third-order valence-corrected chi connectivity index (χ3v) is 7.13. The molecule has 0 saturated carbocycles. The summed E-state index contributed by atoms with van der Waals surface area (Å²) in [4.78, 5) is 19.5. The van der Waals surface area contributed by atoms with E-state index in [9.17, 15) is 23.1 Å². The number of aliphatic carboxylic acids is 1. The van der Waals surface area contributed by atoms with E-state index in [1.54, 1.807) is 6.20 Å². The highest BCUT2D eigenvalue weighted by atomic mass is 32.1. The number of alkyl halides is 2. The van der Waals surface area contributed by atoms with Crippen LogP contribution in [0.1, 0.15) is 44.9 Å². The molecule has 1 aromatic heterocycles. The number of carboxylic acid groups (broad SMARTS) is 1. The van der Waals surface area contributed by atoms with Crippen LogP contribution in [0, 0.1) is 23.1 Å². The highest BCUT2D eigenvalue weighted by Crippen LogP contribution is 2.41. The molecule has 1 fully saturated rings. The molecule has 9 heteroatoms. The van der Waals surface area contributed by atoms with Crippen molar-refractivity contribution in [3.8, 4) is 16.3 Å². The molecule has 1 aliphatic heterocycles. The van der Waals surface area contributed by atoms with Gasteiger partial charge in [0.25, 0.3) is 0 Å². The molecule has 3 rings (SSSR count). The molecule has 2 atom stereocenters. The fourth-order valence-corrected chi connectivity index (χ4v) is 5.51. The molecule has 5 nitrogen and oxygen atoms in total. The SMILES string of the molecule is CCCC1(C(=O)O)C[C@@H](C(C)C)CN(Cc2cnc(-c3cc(F)ccc3OC(F)F)s2)C1. The minimum atomic E-state index is -3.03. The molecule has 1 unspecified atom stereocenters. The lowest BCUT2D eigenvalue weighted by Gasteiger charge is -2.45. The van der Waals surface area contributed by atoms with E-state index in [-0.39, 0.29) is 17.2 Å². The Kier molecular flexibility index (Phi) is 7.82. The second-order valence-corrected chi connectivity index (χ2v) is 9.98. The summed E-state index contributed by atoms with van der Waals surface area (Å²) < 4.78 is 43.8. The maximum atomic E-state index is 13.8. The molecule has 0 spiro atoms. The Morgan fingerprint density at radius 2 is 2.16 bits per heavy atom. The monoisotopic (exact) mass is 470 g/mol. The van der Waals surface area contributed by atoms with E-state index < -0.39 is 23.8 Å². The highest BCUT2D eigenvalue weighted by molar-refractivity contribution is 7.15. The predicted molar refractivity (Wildman–Crippen MR) is 117 cm³/mol. The molecular formula is C23H29F3N2O3S. The predicted octanol–water partition coefficient (Wildman–Crippen LogP) is 5.90. The number of nitrogens with zero attached hydrogens (tertiary/aromatic N) is 2. The number of hydrogen-bond acceptors (Lipinski definition) is 5. The van der Waals surface area contributed by atoms with Crippen molar-refractivity contribution < 1.29 is 27.8 Å². The Balaban J connectivity index is 1.84. The lowest BCUT2D eigenvalue weighted by Crippen LogP contribution is -2.51.